The summed E-state index contributed by atoms with van der Waals surface area (Å²) in [4.78, 5) is 0. The fraction of sp³-hybridized carbons (Fsp3) is 0.500. The molecular weight excluding hydrogens is 158 g/mol. The van der Waals surface area contributed by atoms with E-state index in [9.17, 15) is 5.11 Å². The first-order chi connectivity index (χ1) is 5.05. The second-order valence-corrected chi connectivity index (χ2v) is 3.73. The molecule has 3 N–H and O–H groups in total. The van der Waals surface area contributed by atoms with Crippen LogP contribution < -0.4 is 5.73 Å². The summed E-state index contributed by atoms with van der Waals surface area (Å²) >= 11 is 1.57. The van der Waals surface area contributed by atoms with Crippen LogP contribution in [-0.4, -0.2) is 11.1 Å². The standard InChI is InChI=1S/C8H13NOS/c1-6(9)8(2,10)7-3-4-11-5-7/h3-6,10H,9H2,1-2H3. The van der Waals surface area contributed by atoms with E-state index < -0.39 is 5.60 Å². The van der Waals surface area contributed by atoms with Gasteiger partial charge in [0.25, 0.3) is 0 Å². The third-order valence-electron chi connectivity index (χ3n) is 1.99. The summed E-state index contributed by atoms with van der Waals surface area (Å²) in [5.74, 6) is 0. The number of nitrogens with two attached hydrogens (primary N) is 1. The molecule has 0 aliphatic rings. The van der Waals surface area contributed by atoms with Crippen LogP contribution >= 0.6 is 11.3 Å². The van der Waals surface area contributed by atoms with Gasteiger partial charge in [0.05, 0.1) is 0 Å². The van der Waals surface area contributed by atoms with Crippen molar-refractivity contribution < 1.29 is 5.11 Å². The second kappa shape index (κ2) is 2.93. The Morgan fingerprint density at radius 3 is 2.73 bits per heavy atom. The molecule has 2 nitrogen and oxygen atoms in total. The third-order valence-corrected chi connectivity index (χ3v) is 2.68. The minimum absolute atomic E-state index is 0.239. The van der Waals surface area contributed by atoms with Crippen LogP contribution in [-0.2, 0) is 5.60 Å². The molecule has 1 rings (SSSR count). The number of hydrogen-bond donors (Lipinski definition) is 2. The molecule has 0 fully saturated rings. The number of rotatable bonds is 2. The normalized spacial score (nSPS) is 19.3. The molecule has 11 heavy (non-hydrogen) atoms. The summed E-state index contributed by atoms with van der Waals surface area (Å²) in [5.41, 5.74) is 5.63. The summed E-state index contributed by atoms with van der Waals surface area (Å²) in [6.45, 7) is 3.54. The molecule has 3 heteroatoms. The molecule has 0 aromatic carbocycles. The highest BCUT2D eigenvalue weighted by Crippen LogP contribution is 2.24. The molecule has 0 spiro atoms. The molecule has 2 atom stereocenters. The highest BCUT2D eigenvalue weighted by Gasteiger charge is 2.27. The minimum Gasteiger partial charge on any atom is -0.384 e. The summed E-state index contributed by atoms with van der Waals surface area (Å²) < 4.78 is 0. The van der Waals surface area contributed by atoms with Gasteiger partial charge >= 0.3 is 0 Å². The number of hydrogen-bond acceptors (Lipinski definition) is 3. The molecule has 1 aromatic heterocycles. The van der Waals surface area contributed by atoms with E-state index in [0.717, 1.165) is 5.56 Å². The van der Waals surface area contributed by atoms with Crippen LogP contribution in [0.25, 0.3) is 0 Å². The van der Waals surface area contributed by atoms with Crippen LogP contribution in [0, 0.1) is 0 Å². The van der Waals surface area contributed by atoms with Gasteiger partial charge in [-0.2, -0.15) is 11.3 Å². The van der Waals surface area contributed by atoms with E-state index in [1.165, 1.54) is 0 Å². The summed E-state index contributed by atoms with van der Waals surface area (Å²) in [5, 5.41) is 13.7. The molecule has 0 aliphatic carbocycles. The molecule has 0 radical (unpaired) electrons. The average Bonchev–Trinajstić information content (AvgIpc) is 2.37. The van der Waals surface area contributed by atoms with Crippen molar-refractivity contribution in [1.82, 2.24) is 0 Å². The van der Waals surface area contributed by atoms with Gasteiger partial charge < -0.3 is 10.8 Å². The Bertz CT molecular complexity index is 216. The van der Waals surface area contributed by atoms with Crippen molar-refractivity contribution in [2.24, 2.45) is 5.73 Å². The van der Waals surface area contributed by atoms with Crippen molar-refractivity contribution >= 4 is 11.3 Å². The monoisotopic (exact) mass is 171 g/mol. The Kier molecular flexibility index (Phi) is 2.32. The first-order valence-corrected chi connectivity index (χ1v) is 4.50. The first kappa shape index (κ1) is 8.71. The fourth-order valence-corrected chi connectivity index (χ4v) is 1.58. The van der Waals surface area contributed by atoms with Crippen molar-refractivity contribution in [2.75, 3.05) is 0 Å². The Morgan fingerprint density at radius 1 is 1.73 bits per heavy atom. The third kappa shape index (κ3) is 1.61. The lowest BCUT2D eigenvalue weighted by Crippen LogP contribution is -2.40. The molecular formula is C8H13NOS. The molecule has 0 saturated carbocycles. The van der Waals surface area contributed by atoms with Crippen molar-refractivity contribution in [1.29, 1.82) is 0 Å². The van der Waals surface area contributed by atoms with Crippen LogP contribution in [0.2, 0.25) is 0 Å². The molecule has 0 aliphatic heterocycles. The molecule has 62 valence electrons. The van der Waals surface area contributed by atoms with Crippen molar-refractivity contribution in [3.05, 3.63) is 22.4 Å². The Morgan fingerprint density at radius 2 is 2.36 bits per heavy atom. The first-order valence-electron chi connectivity index (χ1n) is 3.56. The number of thiophene rings is 1. The van der Waals surface area contributed by atoms with Crippen LogP contribution in [0.5, 0.6) is 0 Å². The molecule has 0 amide bonds. The van der Waals surface area contributed by atoms with Crippen molar-refractivity contribution in [2.45, 2.75) is 25.5 Å². The van der Waals surface area contributed by atoms with Crippen LogP contribution in [0.1, 0.15) is 19.4 Å². The largest absolute Gasteiger partial charge is 0.384 e. The topological polar surface area (TPSA) is 46.2 Å². The Balaban J connectivity index is 2.90. The van der Waals surface area contributed by atoms with E-state index in [1.807, 2.05) is 16.8 Å². The quantitative estimate of drug-likeness (QED) is 0.704. The van der Waals surface area contributed by atoms with Gasteiger partial charge in [0.1, 0.15) is 5.60 Å². The Labute approximate surface area is 70.7 Å². The Hall–Kier alpha value is -0.380. The summed E-state index contributed by atoms with van der Waals surface area (Å²) in [7, 11) is 0. The lowest BCUT2D eigenvalue weighted by molar-refractivity contribution is 0.0353. The predicted octanol–water partition coefficient (Wildman–Crippen LogP) is 1.30. The van der Waals surface area contributed by atoms with Gasteiger partial charge in [0.15, 0.2) is 0 Å². The molecule has 2 unspecified atom stereocenters. The van der Waals surface area contributed by atoms with Gasteiger partial charge in [-0.3, -0.25) is 0 Å². The molecule has 0 saturated heterocycles. The van der Waals surface area contributed by atoms with Crippen LogP contribution in [0.4, 0.5) is 0 Å². The zero-order valence-corrected chi connectivity index (χ0v) is 7.56. The fourth-order valence-electron chi connectivity index (χ4n) is 0.815. The van der Waals surface area contributed by atoms with E-state index in [4.69, 9.17) is 5.73 Å². The highest BCUT2D eigenvalue weighted by molar-refractivity contribution is 7.08. The molecule has 1 heterocycles. The highest BCUT2D eigenvalue weighted by atomic mass is 32.1. The lowest BCUT2D eigenvalue weighted by Gasteiger charge is -2.26. The second-order valence-electron chi connectivity index (χ2n) is 2.95. The van der Waals surface area contributed by atoms with E-state index >= 15 is 0 Å². The minimum atomic E-state index is -0.889. The molecule has 0 bridgehead atoms. The van der Waals surface area contributed by atoms with Crippen molar-refractivity contribution in [3.63, 3.8) is 0 Å². The zero-order valence-electron chi connectivity index (χ0n) is 6.74. The number of aliphatic hydroxyl groups is 1. The van der Waals surface area contributed by atoms with Gasteiger partial charge in [-0.1, -0.05) is 0 Å². The van der Waals surface area contributed by atoms with E-state index in [2.05, 4.69) is 0 Å². The van der Waals surface area contributed by atoms with E-state index in [1.54, 1.807) is 25.2 Å². The summed E-state index contributed by atoms with van der Waals surface area (Å²) in [6.07, 6.45) is 0. The van der Waals surface area contributed by atoms with Crippen molar-refractivity contribution in [3.8, 4) is 0 Å². The van der Waals surface area contributed by atoms with Gasteiger partial charge in [0, 0.05) is 6.04 Å². The summed E-state index contributed by atoms with van der Waals surface area (Å²) in [6, 6.07) is 1.66. The smallest absolute Gasteiger partial charge is 0.102 e. The van der Waals surface area contributed by atoms with Gasteiger partial charge in [-0.25, -0.2) is 0 Å². The van der Waals surface area contributed by atoms with Gasteiger partial charge in [0.2, 0.25) is 0 Å². The maximum absolute atomic E-state index is 9.83. The van der Waals surface area contributed by atoms with Gasteiger partial charge in [-0.05, 0) is 36.2 Å². The SMILES string of the molecule is CC(N)C(C)(O)c1ccsc1. The van der Waals surface area contributed by atoms with Gasteiger partial charge in [-0.15, -0.1) is 0 Å². The maximum atomic E-state index is 9.83. The van der Waals surface area contributed by atoms with Crippen LogP contribution in [0.3, 0.4) is 0 Å². The lowest BCUT2D eigenvalue weighted by atomic mass is 9.92. The predicted molar refractivity (Wildman–Crippen MR) is 47.5 cm³/mol. The van der Waals surface area contributed by atoms with E-state index in [0.29, 0.717) is 0 Å². The average molecular weight is 171 g/mol. The maximum Gasteiger partial charge on any atom is 0.102 e. The zero-order chi connectivity index (χ0) is 8.48. The van der Waals surface area contributed by atoms with E-state index in [-0.39, 0.29) is 6.04 Å². The van der Waals surface area contributed by atoms with Crippen LogP contribution in [0.15, 0.2) is 16.8 Å². The molecule has 1 aromatic rings.